The van der Waals surface area contributed by atoms with Crippen LogP contribution in [0.5, 0.6) is 17.4 Å². The number of benzene rings is 2. The number of nitrogens with one attached hydrogen (secondary N) is 1. The lowest BCUT2D eigenvalue weighted by atomic mass is 10.2. The van der Waals surface area contributed by atoms with Crippen molar-refractivity contribution in [1.82, 2.24) is 4.98 Å². The predicted octanol–water partition coefficient (Wildman–Crippen LogP) is 4.29. The molecule has 5 nitrogen and oxygen atoms in total. The van der Waals surface area contributed by atoms with Crippen LogP contribution in [0.2, 0.25) is 5.02 Å². The molecule has 0 atom stereocenters. The van der Waals surface area contributed by atoms with Crippen molar-refractivity contribution in [1.29, 1.82) is 0 Å². The van der Waals surface area contributed by atoms with Crippen LogP contribution in [0.15, 0.2) is 41.4 Å². The van der Waals surface area contributed by atoms with E-state index >= 15 is 0 Å². The third-order valence-corrected chi connectivity index (χ3v) is 3.69. The van der Waals surface area contributed by atoms with Crippen LogP contribution in [-0.4, -0.2) is 30.5 Å². The first-order valence-corrected chi connectivity index (χ1v) is 7.26. The Bertz CT molecular complexity index is 865. The zero-order valence-corrected chi connectivity index (χ0v) is 13.4. The van der Waals surface area contributed by atoms with Gasteiger partial charge in [0, 0.05) is 40.3 Å². The smallest absolute Gasteiger partial charge is 0.198 e. The van der Waals surface area contributed by atoms with Crippen molar-refractivity contribution in [2.75, 3.05) is 14.2 Å². The number of methoxy groups -OCH3 is 2. The van der Waals surface area contributed by atoms with Gasteiger partial charge in [0.15, 0.2) is 5.88 Å². The number of H-pyrrole nitrogens is 1. The first kappa shape index (κ1) is 15.2. The van der Waals surface area contributed by atoms with Crippen LogP contribution in [0.3, 0.4) is 0 Å². The molecule has 23 heavy (non-hydrogen) atoms. The summed E-state index contributed by atoms with van der Waals surface area (Å²) >= 11 is 6.02. The molecule has 1 heterocycles. The maximum Gasteiger partial charge on any atom is 0.198 e. The minimum absolute atomic E-state index is 0.0425. The van der Waals surface area contributed by atoms with Crippen LogP contribution >= 0.6 is 11.6 Å². The number of ether oxygens (including phenoxy) is 2. The summed E-state index contributed by atoms with van der Waals surface area (Å²) in [5.41, 5.74) is 2.01. The lowest BCUT2D eigenvalue weighted by molar-refractivity contribution is 0.394. The fourth-order valence-electron chi connectivity index (χ4n) is 2.31. The minimum Gasteiger partial charge on any atom is -0.497 e. The van der Waals surface area contributed by atoms with Gasteiger partial charge in [-0.2, -0.15) is 0 Å². The van der Waals surface area contributed by atoms with Gasteiger partial charge < -0.3 is 19.6 Å². The van der Waals surface area contributed by atoms with Gasteiger partial charge in [-0.25, -0.2) is 0 Å². The number of rotatable bonds is 4. The highest BCUT2D eigenvalue weighted by atomic mass is 35.5. The molecule has 0 bridgehead atoms. The van der Waals surface area contributed by atoms with E-state index in [1.54, 1.807) is 50.8 Å². The first-order chi connectivity index (χ1) is 11.1. The number of aliphatic imine (C=N–C) groups is 1. The zero-order chi connectivity index (χ0) is 16.4. The van der Waals surface area contributed by atoms with E-state index < -0.39 is 0 Å². The molecular weight excluding hydrogens is 316 g/mol. The molecule has 0 amide bonds. The summed E-state index contributed by atoms with van der Waals surface area (Å²) < 4.78 is 10.4. The topological polar surface area (TPSA) is 66.8 Å². The Morgan fingerprint density at radius 3 is 2.43 bits per heavy atom. The van der Waals surface area contributed by atoms with E-state index in [1.807, 2.05) is 6.07 Å². The molecule has 0 aliphatic rings. The van der Waals surface area contributed by atoms with Crippen molar-refractivity contribution in [2.24, 2.45) is 4.99 Å². The Morgan fingerprint density at radius 2 is 1.78 bits per heavy atom. The molecular formula is C17H15ClN2O3. The van der Waals surface area contributed by atoms with Crippen LogP contribution in [0.1, 0.15) is 5.56 Å². The van der Waals surface area contributed by atoms with Crippen molar-refractivity contribution < 1.29 is 14.6 Å². The summed E-state index contributed by atoms with van der Waals surface area (Å²) in [5.74, 6) is 1.33. The molecule has 0 aliphatic heterocycles. The van der Waals surface area contributed by atoms with Gasteiger partial charge >= 0.3 is 0 Å². The monoisotopic (exact) mass is 330 g/mol. The second-order valence-electron chi connectivity index (χ2n) is 4.91. The summed E-state index contributed by atoms with van der Waals surface area (Å²) in [4.78, 5) is 7.29. The number of aromatic nitrogens is 1. The molecule has 3 aromatic rings. The Balaban J connectivity index is 2.03. The second-order valence-corrected chi connectivity index (χ2v) is 5.34. The summed E-state index contributed by atoms with van der Waals surface area (Å²) in [7, 11) is 3.16. The van der Waals surface area contributed by atoms with Crippen LogP contribution < -0.4 is 9.47 Å². The average molecular weight is 331 g/mol. The van der Waals surface area contributed by atoms with Gasteiger partial charge in [-0.15, -0.1) is 0 Å². The van der Waals surface area contributed by atoms with Crippen LogP contribution in [-0.2, 0) is 0 Å². The van der Waals surface area contributed by atoms with Crippen LogP contribution in [0.4, 0.5) is 5.69 Å². The molecule has 2 N–H and O–H groups in total. The molecule has 3 rings (SSSR count). The highest BCUT2D eigenvalue weighted by Gasteiger charge is 2.09. The van der Waals surface area contributed by atoms with Gasteiger partial charge in [0.2, 0.25) is 0 Å². The van der Waals surface area contributed by atoms with Gasteiger partial charge in [-0.3, -0.25) is 4.99 Å². The molecule has 118 valence electrons. The minimum atomic E-state index is 0.0425. The van der Waals surface area contributed by atoms with E-state index in [0.29, 0.717) is 27.8 Å². The van der Waals surface area contributed by atoms with Gasteiger partial charge in [0.1, 0.15) is 11.5 Å². The van der Waals surface area contributed by atoms with Crippen LogP contribution in [0, 0.1) is 0 Å². The Hall–Kier alpha value is -2.66. The fraction of sp³-hybridized carbons (Fsp3) is 0.118. The Kier molecular flexibility index (Phi) is 4.12. The average Bonchev–Trinajstić information content (AvgIpc) is 2.87. The summed E-state index contributed by atoms with van der Waals surface area (Å²) in [6, 6.07) is 10.7. The van der Waals surface area contributed by atoms with Crippen LogP contribution in [0.25, 0.3) is 10.9 Å². The number of aromatic hydroxyl groups is 1. The third-order valence-electron chi connectivity index (χ3n) is 3.46. The maximum absolute atomic E-state index is 10.1. The van der Waals surface area contributed by atoms with Crippen molar-refractivity contribution in [3.63, 3.8) is 0 Å². The first-order valence-electron chi connectivity index (χ1n) is 6.88. The van der Waals surface area contributed by atoms with Gasteiger partial charge in [0.05, 0.1) is 25.5 Å². The maximum atomic E-state index is 10.1. The van der Waals surface area contributed by atoms with Gasteiger partial charge in [0.25, 0.3) is 0 Å². The molecule has 0 aliphatic carbocycles. The van der Waals surface area contributed by atoms with Gasteiger partial charge in [-0.05, 0) is 18.2 Å². The SMILES string of the molecule is COc1cc(N=Cc2c(O)[nH]c3ccc(Cl)cc23)cc(OC)c1. The lowest BCUT2D eigenvalue weighted by Crippen LogP contribution is -1.87. The molecule has 1 aromatic heterocycles. The van der Waals surface area contributed by atoms with Gasteiger partial charge in [-0.1, -0.05) is 11.6 Å². The Morgan fingerprint density at radius 1 is 1.09 bits per heavy atom. The second kappa shape index (κ2) is 6.22. The summed E-state index contributed by atoms with van der Waals surface area (Å²) in [6.45, 7) is 0. The largest absolute Gasteiger partial charge is 0.497 e. The lowest BCUT2D eigenvalue weighted by Gasteiger charge is -2.05. The summed E-state index contributed by atoms with van der Waals surface area (Å²) in [6.07, 6.45) is 1.58. The number of aromatic amines is 1. The number of fused-ring (bicyclic) bond motifs is 1. The number of hydrogen-bond acceptors (Lipinski definition) is 4. The molecule has 0 fully saturated rings. The highest BCUT2D eigenvalue weighted by molar-refractivity contribution is 6.31. The van der Waals surface area contributed by atoms with E-state index in [-0.39, 0.29) is 5.88 Å². The molecule has 6 heteroatoms. The molecule has 0 saturated heterocycles. The normalized spacial score (nSPS) is 11.3. The summed E-state index contributed by atoms with van der Waals surface area (Å²) in [5, 5.41) is 11.5. The van der Waals surface area contributed by atoms with E-state index in [0.717, 1.165) is 10.9 Å². The zero-order valence-electron chi connectivity index (χ0n) is 12.6. The van der Waals surface area contributed by atoms with Crippen molar-refractivity contribution >= 4 is 34.4 Å². The van der Waals surface area contributed by atoms with Crippen molar-refractivity contribution in [3.05, 3.63) is 47.0 Å². The standard InChI is InChI=1S/C17H15ClN2O3/c1-22-12-6-11(7-13(8-12)23-2)19-9-15-14-5-10(18)3-4-16(14)20-17(15)21/h3-9,20-21H,1-2H3. The van der Waals surface area contributed by atoms with Crippen molar-refractivity contribution in [2.45, 2.75) is 0 Å². The molecule has 0 radical (unpaired) electrons. The third kappa shape index (κ3) is 3.10. The Labute approximate surface area is 138 Å². The van der Waals surface area contributed by atoms with E-state index in [9.17, 15) is 5.11 Å². The molecule has 2 aromatic carbocycles. The van der Waals surface area contributed by atoms with E-state index in [2.05, 4.69) is 9.98 Å². The number of nitrogens with zero attached hydrogens (tertiary/aromatic N) is 1. The van der Waals surface area contributed by atoms with E-state index in [4.69, 9.17) is 21.1 Å². The fourth-order valence-corrected chi connectivity index (χ4v) is 2.48. The number of hydrogen-bond donors (Lipinski definition) is 2. The van der Waals surface area contributed by atoms with Crippen molar-refractivity contribution in [3.8, 4) is 17.4 Å². The molecule has 0 unspecified atom stereocenters. The molecule has 0 saturated carbocycles. The predicted molar refractivity (Wildman–Crippen MR) is 91.8 cm³/mol. The molecule has 0 spiro atoms. The number of halogens is 1. The quantitative estimate of drug-likeness (QED) is 0.701. The van der Waals surface area contributed by atoms with E-state index in [1.165, 1.54) is 0 Å². The highest BCUT2D eigenvalue weighted by Crippen LogP contribution is 2.30.